The number of hydrogen-bond donors (Lipinski definition) is 2. The number of ketones is 2. The molecule has 0 aromatic heterocycles. The molecule has 7 unspecified atom stereocenters. The zero-order chi connectivity index (χ0) is 16.1. The summed E-state index contributed by atoms with van der Waals surface area (Å²) in [5.41, 5.74) is 0. The van der Waals surface area contributed by atoms with Crippen molar-refractivity contribution in [2.24, 2.45) is 23.7 Å². The third-order valence-electron chi connectivity index (χ3n) is 6.80. The highest BCUT2D eigenvalue weighted by molar-refractivity contribution is 9.09. The number of hydrogen-bond acceptors (Lipinski definition) is 4. The van der Waals surface area contributed by atoms with Gasteiger partial charge in [-0.15, -0.1) is 0 Å². The summed E-state index contributed by atoms with van der Waals surface area (Å²) in [5, 5.41) is 14.3. The van der Waals surface area contributed by atoms with Crippen molar-refractivity contribution in [3.05, 3.63) is 0 Å². The molecule has 4 rings (SSSR count). The maximum Gasteiger partial charge on any atom is 0.148 e. The molecule has 0 spiro atoms. The number of aliphatic hydroxyl groups excluding tert-OH is 1. The molecule has 3 aliphatic carbocycles. The SMILES string of the molecule is O=C1C2CCCCC2C(=O)C1C1NC2CCCCC2C(Br)C1O. The highest BCUT2D eigenvalue weighted by Gasteiger charge is 2.56. The van der Waals surface area contributed by atoms with Gasteiger partial charge >= 0.3 is 0 Å². The minimum absolute atomic E-state index is 0.0118. The fourth-order valence-electron chi connectivity index (χ4n) is 5.61. The van der Waals surface area contributed by atoms with E-state index in [1.807, 2.05) is 0 Å². The molecular formula is C18H26BrNO3. The van der Waals surface area contributed by atoms with Gasteiger partial charge in [-0.3, -0.25) is 9.59 Å². The molecule has 0 amide bonds. The Bertz CT molecular complexity index is 484. The van der Waals surface area contributed by atoms with E-state index in [1.54, 1.807) is 0 Å². The molecule has 2 N–H and O–H groups in total. The molecule has 0 bridgehead atoms. The summed E-state index contributed by atoms with van der Waals surface area (Å²) < 4.78 is 0. The lowest BCUT2D eigenvalue weighted by molar-refractivity contribution is -0.132. The Labute approximate surface area is 145 Å². The summed E-state index contributed by atoms with van der Waals surface area (Å²) in [7, 11) is 0. The maximum atomic E-state index is 12.9. The number of fused-ring (bicyclic) bond motifs is 2. The van der Waals surface area contributed by atoms with Gasteiger partial charge in [-0.2, -0.15) is 0 Å². The van der Waals surface area contributed by atoms with E-state index in [0.29, 0.717) is 12.0 Å². The van der Waals surface area contributed by atoms with Crippen LogP contribution in [0, 0.1) is 23.7 Å². The van der Waals surface area contributed by atoms with Gasteiger partial charge in [-0.25, -0.2) is 0 Å². The van der Waals surface area contributed by atoms with E-state index >= 15 is 0 Å². The topological polar surface area (TPSA) is 66.4 Å². The van der Waals surface area contributed by atoms with E-state index in [2.05, 4.69) is 21.2 Å². The van der Waals surface area contributed by atoms with E-state index in [9.17, 15) is 14.7 Å². The highest BCUT2D eigenvalue weighted by atomic mass is 79.9. The number of piperidine rings is 1. The van der Waals surface area contributed by atoms with Crippen molar-refractivity contribution in [3.8, 4) is 0 Å². The molecule has 5 heteroatoms. The van der Waals surface area contributed by atoms with Gasteiger partial charge < -0.3 is 10.4 Å². The van der Waals surface area contributed by atoms with Crippen LogP contribution in [0.3, 0.4) is 0 Å². The summed E-state index contributed by atoms with van der Waals surface area (Å²) in [6.45, 7) is 0. The first kappa shape index (κ1) is 16.2. The Hall–Kier alpha value is -0.260. The monoisotopic (exact) mass is 383 g/mol. The standard InChI is InChI=1S/C18H26BrNO3/c19-14-11-7-3-4-8-12(11)20-15(18(14)23)13-16(21)9-5-1-2-6-10(9)17(13)22/h9-15,18,20,23H,1-8H2. The molecule has 0 aromatic rings. The first-order chi connectivity index (χ1) is 11.1. The number of nitrogens with one attached hydrogen (secondary N) is 1. The van der Waals surface area contributed by atoms with Gasteiger partial charge in [0.25, 0.3) is 0 Å². The lowest BCUT2D eigenvalue weighted by Crippen LogP contribution is -2.64. The number of Topliss-reactive ketones (excluding diaryl/α,β-unsaturated/α-hetero) is 2. The molecular weight excluding hydrogens is 358 g/mol. The predicted octanol–water partition coefficient (Wildman–Crippen LogP) is 2.22. The normalized spacial score (nSPS) is 50.5. The number of alkyl halides is 1. The average molecular weight is 384 g/mol. The summed E-state index contributed by atoms with van der Waals surface area (Å²) in [6.07, 6.45) is 7.75. The molecule has 3 saturated carbocycles. The molecule has 4 fully saturated rings. The van der Waals surface area contributed by atoms with Crippen LogP contribution in [-0.2, 0) is 9.59 Å². The Morgan fingerprint density at radius 3 is 2.13 bits per heavy atom. The lowest BCUT2D eigenvalue weighted by Gasteiger charge is -2.47. The highest BCUT2D eigenvalue weighted by Crippen LogP contribution is 2.45. The average Bonchev–Trinajstić information content (AvgIpc) is 2.83. The fraction of sp³-hybridized carbons (Fsp3) is 0.889. The molecule has 0 aromatic carbocycles. The molecule has 23 heavy (non-hydrogen) atoms. The number of rotatable bonds is 1. The molecule has 4 aliphatic rings. The number of carbonyl (C=O) groups is 2. The van der Waals surface area contributed by atoms with Crippen LogP contribution >= 0.6 is 15.9 Å². The van der Waals surface area contributed by atoms with Crippen LogP contribution in [-0.4, -0.2) is 39.7 Å². The predicted molar refractivity (Wildman–Crippen MR) is 90.3 cm³/mol. The molecule has 1 saturated heterocycles. The van der Waals surface area contributed by atoms with Gasteiger partial charge in [0.15, 0.2) is 0 Å². The second kappa shape index (κ2) is 6.23. The van der Waals surface area contributed by atoms with Gasteiger partial charge in [0.2, 0.25) is 0 Å². The molecule has 1 heterocycles. The molecule has 0 radical (unpaired) electrons. The second-order valence-electron chi connectivity index (χ2n) is 7.96. The van der Waals surface area contributed by atoms with Crippen LogP contribution in [0.1, 0.15) is 51.4 Å². The van der Waals surface area contributed by atoms with Crippen LogP contribution < -0.4 is 5.32 Å². The Morgan fingerprint density at radius 2 is 1.48 bits per heavy atom. The number of carbonyl (C=O) groups excluding carboxylic acids is 2. The van der Waals surface area contributed by atoms with E-state index in [-0.39, 0.29) is 28.2 Å². The smallest absolute Gasteiger partial charge is 0.148 e. The lowest BCUT2D eigenvalue weighted by atomic mass is 9.73. The molecule has 1 aliphatic heterocycles. The van der Waals surface area contributed by atoms with Crippen LogP contribution in [0.4, 0.5) is 0 Å². The number of aliphatic hydroxyl groups is 1. The first-order valence-electron chi connectivity index (χ1n) is 9.25. The largest absolute Gasteiger partial charge is 0.390 e. The van der Waals surface area contributed by atoms with Crippen molar-refractivity contribution in [1.82, 2.24) is 5.32 Å². The third-order valence-corrected chi connectivity index (χ3v) is 8.02. The summed E-state index contributed by atoms with van der Waals surface area (Å²) in [4.78, 5) is 25.7. The molecule has 4 nitrogen and oxygen atoms in total. The Balaban J connectivity index is 1.59. The van der Waals surface area contributed by atoms with Crippen LogP contribution in [0.5, 0.6) is 0 Å². The Kier molecular flexibility index (Phi) is 4.39. The zero-order valence-corrected chi connectivity index (χ0v) is 15.0. The Morgan fingerprint density at radius 1 is 0.913 bits per heavy atom. The van der Waals surface area contributed by atoms with Gasteiger partial charge in [0, 0.05) is 22.7 Å². The van der Waals surface area contributed by atoms with E-state index in [1.165, 1.54) is 12.8 Å². The van der Waals surface area contributed by atoms with Crippen LogP contribution in [0.25, 0.3) is 0 Å². The van der Waals surface area contributed by atoms with Gasteiger partial charge in [0.1, 0.15) is 11.6 Å². The minimum atomic E-state index is -0.660. The van der Waals surface area contributed by atoms with Crippen molar-refractivity contribution in [2.75, 3.05) is 0 Å². The summed E-state index contributed by atoms with van der Waals surface area (Å²) in [5.74, 6) is -0.165. The summed E-state index contributed by atoms with van der Waals surface area (Å²) >= 11 is 3.69. The molecule has 128 valence electrons. The van der Waals surface area contributed by atoms with E-state index in [0.717, 1.165) is 38.5 Å². The van der Waals surface area contributed by atoms with Gasteiger partial charge in [-0.1, -0.05) is 41.6 Å². The first-order valence-corrected chi connectivity index (χ1v) is 10.2. The fourth-order valence-corrected chi connectivity index (χ4v) is 6.57. The van der Waals surface area contributed by atoms with Crippen molar-refractivity contribution >= 4 is 27.5 Å². The zero-order valence-electron chi connectivity index (χ0n) is 13.4. The van der Waals surface area contributed by atoms with Gasteiger partial charge in [0.05, 0.1) is 18.1 Å². The van der Waals surface area contributed by atoms with E-state index in [4.69, 9.17) is 0 Å². The second-order valence-corrected chi connectivity index (χ2v) is 9.02. The van der Waals surface area contributed by atoms with Crippen molar-refractivity contribution in [3.63, 3.8) is 0 Å². The maximum absolute atomic E-state index is 12.9. The number of halogens is 1. The molecule has 7 atom stereocenters. The van der Waals surface area contributed by atoms with Crippen molar-refractivity contribution in [1.29, 1.82) is 0 Å². The van der Waals surface area contributed by atoms with E-state index < -0.39 is 18.1 Å². The van der Waals surface area contributed by atoms with Crippen molar-refractivity contribution < 1.29 is 14.7 Å². The summed E-state index contributed by atoms with van der Waals surface area (Å²) in [6, 6.07) is -0.0749. The van der Waals surface area contributed by atoms with Crippen molar-refractivity contribution in [2.45, 2.75) is 74.4 Å². The van der Waals surface area contributed by atoms with Crippen LogP contribution in [0.2, 0.25) is 0 Å². The quantitative estimate of drug-likeness (QED) is 0.538. The van der Waals surface area contributed by atoms with Gasteiger partial charge in [-0.05, 0) is 31.6 Å². The minimum Gasteiger partial charge on any atom is -0.390 e. The third kappa shape index (κ3) is 2.54. The van der Waals surface area contributed by atoms with Crippen LogP contribution in [0.15, 0.2) is 0 Å².